The fourth-order valence-corrected chi connectivity index (χ4v) is 4.87. The molecule has 1 atom stereocenters. The summed E-state index contributed by atoms with van der Waals surface area (Å²) in [4.78, 5) is 4.07. The third kappa shape index (κ3) is 5.53. The minimum Gasteiger partial charge on any atom is -0.489 e. The minimum absolute atomic E-state index is 0.0988. The maximum atomic E-state index is 12.7. The number of nitrogens with zero attached hydrogens (tertiary/aromatic N) is 2. The van der Waals surface area contributed by atoms with Crippen LogP contribution in [0.15, 0.2) is 48.8 Å². The number of ether oxygens (including phenoxy) is 1. The number of rotatable bonds is 8. The average molecular weight is 404 g/mol. The van der Waals surface area contributed by atoms with Gasteiger partial charge in [0.2, 0.25) is 0 Å². The number of pyridine rings is 1. The fraction of sp³-hybridized carbons (Fsp3) is 0.476. The van der Waals surface area contributed by atoms with Crippen molar-refractivity contribution in [1.29, 1.82) is 0 Å². The van der Waals surface area contributed by atoms with Crippen molar-refractivity contribution in [3.05, 3.63) is 59.9 Å². The van der Waals surface area contributed by atoms with Crippen LogP contribution in [0.3, 0.4) is 0 Å². The van der Waals surface area contributed by atoms with Crippen molar-refractivity contribution in [1.82, 2.24) is 14.0 Å². The molecule has 0 saturated heterocycles. The summed E-state index contributed by atoms with van der Waals surface area (Å²) in [5.74, 6) is 0.738. The van der Waals surface area contributed by atoms with E-state index in [9.17, 15) is 8.42 Å². The van der Waals surface area contributed by atoms with Crippen LogP contribution in [0.25, 0.3) is 0 Å². The summed E-state index contributed by atoms with van der Waals surface area (Å²) >= 11 is 0. The van der Waals surface area contributed by atoms with Gasteiger partial charge in [-0.15, -0.1) is 0 Å². The second-order valence-corrected chi connectivity index (χ2v) is 9.13. The molecule has 0 spiro atoms. The molecule has 1 saturated carbocycles. The van der Waals surface area contributed by atoms with Gasteiger partial charge in [0.25, 0.3) is 10.2 Å². The van der Waals surface area contributed by atoms with Gasteiger partial charge in [0.15, 0.2) is 0 Å². The van der Waals surface area contributed by atoms with Gasteiger partial charge in [0.1, 0.15) is 12.4 Å². The molecule has 3 rings (SSSR count). The lowest BCUT2D eigenvalue weighted by Crippen LogP contribution is -2.45. The van der Waals surface area contributed by atoms with Gasteiger partial charge >= 0.3 is 0 Å². The lowest BCUT2D eigenvalue weighted by Gasteiger charge is -2.31. The van der Waals surface area contributed by atoms with Crippen LogP contribution in [0.1, 0.15) is 56.2 Å². The van der Waals surface area contributed by atoms with Crippen molar-refractivity contribution in [2.24, 2.45) is 0 Å². The predicted octanol–water partition coefficient (Wildman–Crippen LogP) is 3.82. The number of hydrogen-bond acceptors (Lipinski definition) is 4. The zero-order chi connectivity index (χ0) is 20.0. The molecule has 1 aliphatic rings. The van der Waals surface area contributed by atoms with Gasteiger partial charge in [0, 0.05) is 37.1 Å². The molecule has 0 unspecified atom stereocenters. The molecule has 1 aromatic heterocycles. The maximum Gasteiger partial charge on any atom is 0.279 e. The van der Waals surface area contributed by atoms with Crippen LogP contribution in [0, 0.1) is 0 Å². The minimum atomic E-state index is -3.52. The van der Waals surface area contributed by atoms with E-state index in [-0.39, 0.29) is 12.1 Å². The molecule has 2 aromatic rings. The van der Waals surface area contributed by atoms with Gasteiger partial charge in [-0.1, -0.05) is 37.5 Å². The first-order valence-electron chi connectivity index (χ1n) is 9.82. The van der Waals surface area contributed by atoms with Gasteiger partial charge in [-0.25, -0.2) is 0 Å². The van der Waals surface area contributed by atoms with Crippen molar-refractivity contribution in [3.8, 4) is 5.75 Å². The molecule has 1 N–H and O–H groups in total. The van der Waals surface area contributed by atoms with E-state index in [0.717, 1.165) is 42.6 Å². The molecular formula is C21H29N3O3S. The summed E-state index contributed by atoms with van der Waals surface area (Å²) in [5.41, 5.74) is 1.90. The maximum absolute atomic E-state index is 12.7. The third-order valence-corrected chi connectivity index (χ3v) is 7.01. The average Bonchev–Trinajstić information content (AvgIpc) is 2.73. The lowest BCUT2D eigenvalue weighted by molar-refractivity contribution is 0.281. The van der Waals surface area contributed by atoms with Crippen molar-refractivity contribution in [3.63, 3.8) is 0 Å². The number of nitrogens with one attached hydrogen (secondary N) is 1. The molecule has 7 heteroatoms. The summed E-state index contributed by atoms with van der Waals surface area (Å²) in [7, 11) is -1.84. The van der Waals surface area contributed by atoms with Gasteiger partial charge in [0.05, 0.1) is 0 Å². The normalized spacial score (nSPS) is 16.8. The summed E-state index contributed by atoms with van der Waals surface area (Å²) in [6.45, 7) is 2.30. The molecular weight excluding hydrogens is 374 g/mol. The van der Waals surface area contributed by atoms with E-state index in [1.165, 1.54) is 10.7 Å². The van der Waals surface area contributed by atoms with Crippen LogP contribution in [-0.2, 0) is 16.8 Å². The van der Waals surface area contributed by atoms with Gasteiger partial charge in [-0.05, 0) is 43.5 Å². The largest absolute Gasteiger partial charge is 0.489 e. The van der Waals surface area contributed by atoms with Gasteiger partial charge in [-0.3, -0.25) is 4.98 Å². The van der Waals surface area contributed by atoms with Crippen molar-refractivity contribution < 1.29 is 13.2 Å². The Kier molecular flexibility index (Phi) is 7.04. The first-order chi connectivity index (χ1) is 13.5. The Labute approximate surface area is 168 Å². The Morgan fingerprint density at radius 1 is 1.18 bits per heavy atom. The second kappa shape index (κ2) is 9.49. The van der Waals surface area contributed by atoms with Crippen LogP contribution >= 0.6 is 0 Å². The van der Waals surface area contributed by atoms with Crippen LogP contribution in [0.4, 0.5) is 0 Å². The summed E-state index contributed by atoms with van der Waals surface area (Å²) in [5, 5.41) is 0. The molecule has 0 amide bonds. The Morgan fingerprint density at radius 3 is 2.54 bits per heavy atom. The van der Waals surface area contributed by atoms with E-state index in [1.807, 2.05) is 43.3 Å². The molecule has 6 nitrogen and oxygen atoms in total. The highest BCUT2D eigenvalue weighted by Crippen LogP contribution is 2.24. The number of aromatic nitrogens is 1. The molecule has 0 radical (unpaired) electrons. The Hall–Kier alpha value is -1.96. The molecule has 0 aliphatic heterocycles. The highest BCUT2D eigenvalue weighted by Gasteiger charge is 2.28. The topological polar surface area (TPSA) is 71.5 Å². The molecule has 0 bridgehead atoms. The van der Waals surface area contributed by atoms with E-state index in [2.05, 4.69) is 9.71 Å². The van der Waals surface area contributed by atoms with Crippen LogP contribution < -0.4 is 9.46 Å². The quantitative estimate of drug-likeness (QED) is 0.727. The Bertz CT molecular complexity index is 835. The zero-order valence-corrected chi connectivity index (χ0v) is 17.4. The first-order valence-corrected chi connectivity index (χ1v) is 11.3. The summed E-state index contributed by atoms with van der Waals surface area (Å²) < 4.78 is 35.5. The second-order valence-electron chi connectivity index (χ2n) is 7.37. The van der Waals surface area contributed by atoms with Crippen molar-refractivity contribution in [2.45, 2.75) is 57.7 Å². The Morgan fingerprint density at radius 2 is 1.89 bits per heavy atom. The van der Waals surface area contributed by atoms with E-state index < -0.39 is 10.2 Å². The highest BCUT2D eigenvalue weighted by molar-refractivity contribution is 7.87. The highest BCUT2D eigenvalue weighted by atomic mass is 32.2. The molecule has 28 heavy (non-hydrogen) atoms. The van der Waals surface area contributed by atoms with Crippen molar-refractivity contribution >= 4 is 10.2 Å². The molecule has 1 aliphatic carbocycles. The fourth-order valence-electron chi connectivity index (χ4n) is 3.52. The first kappa shape index (κ1) is 20.8. The zero-order valence-electron chi connectivity index (χ0n) is 16.5. The molecule has 152 valence electrons. The molecule has 1 fully saturated rings. The number of benzene rings is 1. The van der Waals surface area contributed by atoms with Gasteiger partial charge < -0.3 is 4.74 Å². The van der Waals surface area contributed by atoms with Crippen LogP contribution in [0.2, 0.25) is 0 Å². The summed E-state index contributed by atoms with van der Waals surface area (Å²) in [6.07, 6.45) is 8.77. The van der Waals surface area contributed by atoms with Crippen LogP contribution in [0.5, 0.6) is 5.75 Å². The smallest absolute Gasteiger partial charge is 0.279 e. The van der Waals surface area contributed by atoms with E-state index in [4.69, 9.17) is 4.74 Å². The predicted molar refractivity (Wildman–Crippen MR) is 110 cm³/mol. The number of hydrogen-bond donors (Lipinski definition) is 1. The molecule has 1 aromatic carbocycles. The van der Waals surface area contributed by atoms with E-state index >= 15 is 0 Å². The van der Waals surface area contributed by atoms with E-state index in [1.54, 1.807) is 19.4 Å². The van der Waals surface area contributed by atoms with Crippen LogP contribution in [-0.4, -0.2) is 30.8 Å². The Balaban J connectivity index is 1.56. The lowest BCUT2D eigenvalue weighted by atomic mass is 9.96. The SMILES string of the molecule is C[C@H](NS(=O)(=O)N(C)C1CCCCC1)c1ccc(OCc2cccnc2)cc1. The molecule has 1 heterocycles. The van der Waals surface area contributed by atoms with Gasteiger partial charge in [-0.2, -0.15) is 17.4 Å². The van der Waals surface area contributed by atoms with E-state index in [0.29, 0.717) is 6.61 Å². The summed E-state index contributed by atoms with van der Waals surface area (Å²) in [6, 6.07) is 11.1. The standard InChI is InChI=1S/C21H29N3O3S/c1-17(23-28(25,26)24(2)20-8-4-3-5-9-20)19-10-12-21(13-11-19)27-16-18-7-6-14-22-15-18/h6-7,10-15,17,20,23H,3-5,8-9,16H2,1-2H3/t17-/m0/s1. The third-order valence-electron chi connectivity index (χ3n) is 5.30. The van der Waals surface area contributed by atoms with Crippen molar-refractivity contribution in [2.75, 3.05) is 7.05 Å². The monoisotopic (exact) mass is 403 g/mol.